The van der Waals surface area contributed by atoms with Crippen molar-refractivity contribution in [2.75, 3.05) is 6.61 Å². The Bertz CT molecular complexity index is 1290. The maximum Gasteiger partial charge on any atom is 0.306 e. The second-order valence-electron chi connectivity index (χ2n) is 15.4. The van der Waals surface area contributed by atoms with Crippen LogP contribution in [0.2, 0.25) is 0 Å². The highest BCUT2D eigenvalue weighted by Crippen LogP contribution is 2.78. The van der Waals surface area contributed by atoms with E-state index in [4.69, 9.17) is 9.47 Å². The van der Waals surface area contributed by atoms with Crippen molar-refractivity contribution in [1.82, 2.24) is 0 Å². The van der Waals surface area contributed by atoms with Crippen LogP contribution in [0, 0.1) is 29.1 Å². The van der Waals surface area contributed by atoms with Gasteiger partial charge in [-0.05, 0) is 31.4 Å². The molecule has 270 valence electrons. The Kier molecular flexibility index (Phi) is 12.2. The molecule has 0 aromatic rings. The summed E-state index contributed by atoms with van der Waals surface area (Å²) in [4.78, 5) is 53.7. The number of ether oxygens (including phenoxy) is 2. The number of carbonyl (C=O) groups is 4. The Balaban J connectivity index is 1.49. The van der Waals surface area contributed by atoms with Gasteiger partial charge in [0.25, 0.3) is 0 Å². The molecule has 0 saturated heterocycles. The van der Waals surface area contributed by atoms with Crippen molar-refractivity contribution < 1.29 is 44.0 Å². The number of aliphatic hydroxyl groups excluding tert-OH is 1. The zero-order valence-corrected chi connectivity index (χ0v) is 30.1. The van der Waals surface area contributed by atoms with Gasteiger partial charge < -0.3 is 24.8 Å². The van der Waals surface area contributed by atoms with Crippen LogP contribution in [0.25, 0.3) is 0 Å². The van der Waals surface area contributed by atoms with E-state index in [1.807, 2.05) is 13.8 Å². The first-order chi connectivity index (χ1) is 22.7. The second kappa shape index (κ2) is 15.3. The number of unbranched alkanes of at least 4 members (excludes halogenated alkanes) is 12. The average Bonchev–Trinajstić information content (AvgIpc) is 3.50. The molecule has 0 unspecified atom stereocenters. The molecular formula is C39H60O9. The monoisotopic (exact) mass is 672 g/mol. The van der Waals surface area contributed by atoms with Gasteiger partial charge in [-0.3, -0.25) is 19.2 Å². The molecule has 0 spiro atoms. The standard InChI is InChI=1S/C39H60O9/c1-7-9-10-11-12-13-14-15-16-17-18-19-20-21-30(42)47-35-26(4)38(46)29-22-25(3)34(44)37(29,45)23-28(24-40)32(43)31(38)33-36(6,8-2)39(33,35)48-27(5)41/h22-23,26,29,31,33,35,40,45-46H,7-21,24H2,1-6H3/t26-,29-,31+,33-,35-,36+,37-,38+,39-/m1/s1. The van der Waals surface area contributed by atoms with E-state index in [1.54, 1.807) is 13.8 Å². The van der Waals surface area contributed by atoms with Gasteiger partial charge in [0, 0.05) is 42.1 Å². The fourth-order valence-electron chi connectivity index (χ4n) is 9.69. The summed E-state index contributed by atoms with van der Waals surface area (Å²) in [7, 11) is 0. The summed E-state index contributed by atoms with van der Waals surface area (Å²) in [6, 6.07) is 0. The summed E-state index contributed by atoms with van der Waals surface area (Å²) in [6.07, 6.45) is 17.3. The van der Waals surface area contributed by atoms with Crippen LogP contribution >= 0.6 is 0 Å². The number of aliphatic hydroxyl groups is 3. The minimum absolute atomic E-state index is 0.159. The van der Waals surface area contributed by atoms with Gasteiger partial charge in [0.1, 0.15) is 6.10 Å². The highest BCUT2D eigenvalue weighted by Gasteiger charge is 2.90. The predicted molar refractivity (Wildman–Crippen MR) is 182 cm³/mol. The van der Waals surface area contributed by atoms with Crippen molar-refractivity contribution in [1.29, 1.82) is 0 Å². The lowest BCUT2D eigenvalue weighted by Gasteiger charge is -2.52. The summed E-state index contributed by atoms with van der Waals surface area (Å²) >= 11 is 0. The molecular weight excluding hydrogens is 612 g/mol. The van der Waals surface area contributed by atoms with Gasteiger partial charge in [-0.2, -0.15) is 0 Å². The normalized spacial score (nSPS) is 36.7. The molecule has 0 amide bonds. The lowest BCUT2D eigenvalue weighted by Crippen LogP contribution is -2.67. The number of rotatable bonds is 18. The molecule has 3 N–H and O–H groups in total. The van der Waals surface area contributed by atoms with Crippen LogP contribution in [-0.4, -0.2) is 68.3 Å². The van der Waals surface area contributed by atoms with Crippen molar-refractivity contribution >= 4 is 23.5 Å². The fraction of sp³-hybridized carbons (Fsp3) is 0.795. The lowest BCUT2D eigenvalue weighted by molar-refractivity contribution is -0.229. The molecule has 0 aliphatic heterocycles. The largest absolute Gasteiger partial charge is 0.458 e. The smallest absolute Gasteiger partial charge is 0.306 e. The third kappa shape index (κ3) is 6.48. The van der Waals surface area contributed by atoms with Crippen molar-refractivity contribution in [3.05, 3.63) is 23.3 Å². The first-order valence-corrected chi connectivity index (χ1v) is 18.7. The predicted octanol–water partition coefficient (Wildman–Crippen LogP) is 6.10. The van der Waals surface area contributed by atoms with Gasteiger partial charge in [-0.1, -0.05) is 111 Å². The summed E-state index contributed by atoms with van der Waals surface area (Å²) in [5.74, 6) is -6.64. The Morgan fingerprint density at radius 1 is 0.896 bits per heavy atom. The van der Waals surface area contributed by atoms with E-state index in [9.17, 15) is 34.5 Å². The molecule has 9 heteroatoms. The number of hydrogen-bond acceptors (Lipinski definition) is 9. The van der Waals surface area contributed by atoms with Gasteiger partial charge in [0.15, 0.2) is 22.8 Å². The molecule has 2 fully saturated rings. The number of ketones is 2. The highest BCUT2D eigenvalue weighted by atomic mass is 16.6. The van der Waals surface area contributed by atoms with Crippen molar-refractivity contribution in [3.8, 4) is 0 Å². The molecule has 0 bridgehead atoms. The molecule has 9 atom stereocenters. The Labute approximate surface area is 286 Å². The van der Waals surface area contributed by atoms with Crippen LogP contribution in [0.15, 0.2) is 23.3 Å². The van der Waals surface area contributed by atoms with E-state index in [0.29, 0.717) is 12.8 Å². The average molecular weight is 673 g/mol. The quantitative estimate of drug-likeness (QED) is 0.116. The van der Waals surface area contributed by atoms with Gasteiger partial charge in [-0.25, -0.2) is 0 Å². The molecule has 9 nitrogen and oxygen atoms in total. The van der Waals surface area contributed by atoms with E-state index in [1.165, 1.54) is 70.8 Å². The van der Waals surface area contributed by atoms with Gasteiger partial charge in [0.05, 0.1) is 18.1 Å². The topological polar surface area (TPSA) is 147 Å². The Hall–Kier alpha value is -2.36. The molecule has 48 heavy (non-hydrogen) atoms. The highest BCUT2D eigenvalue weighted by molar-refractivity contribution is 6.09. The molecule has 0 aromatic carbocycles. The zero-order valence-electron chi connectivity index (χ0n) is 30.1. The maximum atomic E-state index is 14.2. The van der Waals surface area contributed by atoms with Crippen LogP contribution in [0.3, 0.4) is 0 Å². The second-order valence-corrected chi connectivity index (χ2v) is 15.4. The summed E-state index contributed by atoms with van der Waals surface area (Å²) in [5, 5.41) is 34.9. The minimum Gasteiger partial charge on any atom is -0.458 e. The minimum atomic E-state index is -2.27. The molecule has 4 rings (SSSR count). The van der Waals surface area contributed by atoms with E-state index in [2.05, 4.69) is 6.92 Å². The first kappa shape index (κ1) is 38.4. The van der Waals surface area contributed by atoms with Crippen LogP contribution < -0.4 is 0 Å². The molecule has 2 saturated carbocycles. The SMILES string of the molecule is CCCCCCCCCCCCCCCC(=O)O[C@@H]1[C@@H](C)[C@@]2(O)[C@@H](C(=O)C(CO)=C[C@]3(O)C(=O)C(C)=C[C@@H]23)[C@H]2[C@]1(OC(C)=O)[C@@]2(C)CC. The number of esters is 2. The summed E-state index contributed by atoms with van der Waals surface area (Å²) in [6.45, 7) is 9.69. The van der Waals surface area contributed by atoms with E-state index < -0.39 is 82.1 Å². The fourth-order valence-corrected chi connectivity index (χ4v) is 9.69. The summed E-state index contributed by atoms with van der Waals surface area (Å²) in [5.41, 5.74) is -6.55. The maximum absolute atomic E-state index is 14.2. The van der Waals surface area contributed by atoms with E-state index in [0.717, 1.165) is 25.3 Å². The third-order valence-corrected chi connectivity index (χ3v) is 12.5. The van der Waals surface area contributed by atoms with Crippen molar-refractivity contribution in [3.63, 3.8) is 0 Å². The number of fused-ring (bicyclic) bond motifs is 5. The first-order valence-electron chi connectivity index (χ1n) is 18.7. The molecule has 0 radical (unpaired) electrons. The molecule has 4 aliphatic carbocycles. The van der Waals surface area contributed by atoms with Gasteiger partial charge in [0.2, 0.25) is 0 Å². The molecule has 4 aliphatic rings. The van der Waals surface area contributed by atoms with Crippen molar-refractivity contribution in [2.45, 2.75) is 161 Å². The van der Waals surface area contributed by atoms with Crippen LogP contribution in [0.4, 0.5) is 0 Å². The van der Waals surface area contributed by atoms with Crippen LogP contribution in [0.5, 0.6) is 0 Å². The Morgan fingerprint density at radius 3 is 1.94 bits per heavy atom. The lowest BCUT2D eigenvalue weighted by atomic mass is 9.58. The van der Waals surface area contributed by atoms with Crippen LogP contribution in [0.1, 0.15) is 138 Å². The van der Waals surface area contributed by atoms with Crippen molar-refractivity contribution in [2.24, 2.45) is 29.1 Å². The Morgan fingerprint density at radius 2 is 1.44 bits per heavy atom. The van der Waals surface area contributed by atoms with Crippen LogP contribution in [-0.2, 0) is 28.7 Å². The number of hydrogen-bond donors (Lipinski definition) is 3. The number of carbonyl (C=O) groups excluding carboxylic acids is 4. The number of Topliss-reactive ketones (excluding diaryl/α,β-unsaturated/α-hetero) is 2. The molecule has 0 aromatic heterocycles. The van der Waals surface area contributed by atoms with Gasteiger partial charge >= 0.3 is 11.9 Å². The molecule has 0 heterocycles. The third-order valence-electron chi connectivity index (χ3n) is 12.5. The van der Waals surface area contributed by atoms with Gasteiger partial charge in [-0.15, -0.1) is 0 Å². The zero-order chi connectivity index (χ0) is 35.5. The van der Waals surface area contributed by atoms with E-state index in [-0.39, 0.29) is 17.6 Å². The summed E-state index contributed by atoms with van der Waals surface area (Å²) < 4.78 is 12.3. The van der Waals surface area contributed by atoms with E-state index >= 15 is 0 Å².